The lowest BCUT2D eigenvalue weighted by molar-refractivity contribution is 0.516. The first-order chi connectivity index (χ1) is 17.2. The van der Waals surface area contributed by atoms with E-state index in [4.69, 9.17) is 9.97 Å². The number of hydrogen-bond donors (Lipinski definition) is 1. The van der Waals surface area contributed by atoms with Gasteiger partial charge in [-0.1, -0.05) is 50.8 Å². The average Bonchev–Trinajstić information content (AvgIpc) is 3.35. The maximum Gasteiger partial charge on any atom is 0.263 e. The Balaban J connectivity index is 1.76. The zero-order valence-electron chi connectivity index (χ0n) is 23.3. The Hall–Kier alpha value is -2.33. The standard InChI is InChI=1S/C28H38N4O2S2Si/c1-10-23-30-25-18(2)15-19(3)29-26(25)31(23)17-20-11-13-21(14-12-20)22-16-24(37(7,8)9)35-27(22)32(36(33)34)28(4,5)6/h11-16H,10,17H2,1-9H3,(H,33,34). The molecule has 4 rings (SSSR count). The predicted molar refractivity (Wildman–Crippen MR) is 161 cm³/mol. The van der Waals surface area contributed by atoms with E-state index in [1.807, 2.05) is 27.7 Å². The summed E-state index contributed by atoms with van der Waals surface area (Å²) in [5.74, 6) is 1.03. The van der Waals surface area contributed by atoms with Gasteiger partial charge in [0.25, 0.3) is 11.3 Å². The first kappa shape index (κ1) is 27.7. The van der Waals surface area contributed by atoms with Crippen molar-refractivity contribution in [3.8, 4) is 11.1 Å². The molecule has 3 aromatic heterocycles. The van der Waals surface area contributed by atoms with Gasteiger partial charge in [-0.15, -0.1) is 11.3 Å². The molecular formula is C28H38N4O2S2Si. The van der Waals surface area contributed by atoms with Crippen molar-refractivity contribution in [2.75, 3.05) is 4.31 Å². The number of benzene rings is 1. The molecule has 0 fully saturated rings. The number of thiophene rings is 1. The first-order valence-corrected chi connectivity index (χ1v) is 18.1. The first-order valence-electron chi connectivity index (χ1n) is 12.7. The number of imidazole rings is 1. The van der Waals surface area contributed by atoms with Crippen LogP contribution in [0, 0.1) is 13.8 Å². The van der Waals surface area contributed by atoms with Crippen LogP contribution in [0.4, 0.5) is 5.00 Å². The normalized spacial score (nSPS) is 13.4. The fraction of sp³-hybridized carbons (Fsp3) is 0.429. The molecule has 0 spiro atoms. The predicted octanol–water partition coefficient (Wildman–Crippen LogP) is 6.67. The summed E-state index contributed by atoms with van der Waals surface area (Å²) < 4.78 is 27.9. The van der Waals surface area contributed by atoms with E-state index in [0.29, 0.717) is 6.54 Å². The summed E-state index contributed by atoms with van der Waals surface area (Å²) in [6.45, 7) is 19.8. The second-order valence-electron chi connectivity index (χ2n) is 11.7. The zero-order chi connectivity index (χ0) is 27.3. The van der Waals surface area contributed by atoms with Crippen molar-refractivity contribution in [3.63, 3.8) is 0 Å². The van der Waals surface area contributed by atoms with Gasteiger partial charge in [0, 0.05) is 23.2 Å². The van der Waals surface area contributed by atoms with Crippen molar-refractivity contribution in [3.05, 3.63) is 59.0 Å². The third-order valence-corrected chi connectivity index (χ3v) is 12.3. The molecule has 198 valence electrons. The summed E-state index contributed by atoms with van der Waals surface area (Å²) >= 11 is -0.471. The molecule has 0 radical (unpaired) electrons. The number of hydrogen-bond acceptors (Lipinski definition) is 4. The van der Waals surface area contributed by atoms with Crippen LogP contribution >= 0.6 is 11.3 Å². The number of aromatic nitrogens is 3. The second-order valence-corrected chi connectivity index (χ2v) is 19.0. The molecule has 1 aromatic carbocycles. The van der Waals surface area contributed by atoms with E-state index in [2.05, 4.69) is 74.5 Å². The number of pyridine rings is 1. The Labute approximate surface area is 228 Å². The van der Waals surface area contributed by atoms with E-state index in [0.717, 1.165) is 50.8 Å². The zero-order valence-corrected chi connectivity index (χ0v) is 26.0. The Morgan fingerprint density at radius 2 is 1.73 bits per heavy atom. The van der Waals surface area contributed by atoms with Crippen LogP contribution in [0.2, 0.25) is 19.6 Å². The lowest BCUT2D eigenvalue weighted by Crippen LogP contribution is -2.42. The van der Waals surface area contributed by atoms with Crippen LogP contribution in [0.25, 0.3) is 22.3 Å². The van der Waals surface area contributed by atoms with E-state index in [-0.39, 0.29) is 0 Å². The van der Waals surface area contributed by atoms with Gasteiger partial charge in [0.15, 0.2) is 5.65 Å². The molecule has 1 unspecified atom stereocenters. The number of anilines is 1. The van der Waals surface area contributed by atoms with E-state index < -0.39 is 24.9 Å². The van der Waals surface area contributed by atoms with Gasteiger partial charge in [-0.2, -0.15) is 0 Å². The summed E-state index contributed by atoms with van der Waals surface area (Å²) in [4.78, 5) is 9.69. The van der Waals surface area contributed by atoms with Crippen molar-refractivity contribution in [2.24, 2.45) is 0 Å². The molecule has 4 aromatic rings. The van der Waals surface area contributed by atoms with Gasteiger partial charge in [0.05, 0.1) is 14.6 Å². The molecule has 6 nitrogen and oxygen atoms in total. The summed E-state index contributed by atoms with van der Waals surface area (Å²) in [6, 6.07) is 12.9. The molecule has 3 heterocycles. The number of nitrogens with zero attached hydrogens (tertiary/aromatic N) is 4. The van der Waals surface area contributed by atoms with Gasteiger partial charge in [0.2, 0.25) is 0 Å². The highest BCUT2D eigenvalue weighted by molar-refractivity contribution is 7.81. The highest BCUT2D eigenvalue weighted by Gasteiger charge is 2.32. The van der Waals surface area contributed by atoms with Crippen LogP contribution in [-0.2, 0) is 24.2 Å². The minimum atomic E-state index is -2.13. The molecular weight excluding hydrogens is 517 g/mol. The van der Waals surface area contributed by atoms with Crippen molar-refractivity contribution < 1.29 is 8.76 Å². The van der Waals surface area contributed by atoms with Crippen molar-refractivity contribution >= 4 is 51.3 Å². The maximum atomic E-state index is 12.5. The molecule has 0 aliphatic carbocycles. The molecule has 0 saturated carbocycles. The minimum absolute atomic E-state index is 0.502. The number of rotatable bonds is 7. The lowest BCUT2D eigenvalue weighted by atomic mass is 10.0. The lowest BCUT2D eigenvalue weighted by Gasteiger charge is -2.33. The summed E-state index contributed by atoms with van der Waals surface area (Å²) in [6.07, 6.45) is 0.839. The third kappa shape index (κ3) is 5.60. The van der Waals surface area contributed by atoms with Crippen LogP contribution in [0.3, 0.4) is 0 Å². The van der Waals surface area contributed by atoms with Crippen LogP contribution < -0.4 is 8.81 Å². The molecule has 0 bridgehead atoms. The van der Waals surface area contributed by atoms with Crippen molar-refractivity contribution in [2.45, 2.75) is 79.7 Å². The molecule has 0 aliphatic rings. The summed E-state index contributed by atoms with van der Waals surface area (Å²) in [5, 5.41) is 0.850. The summed E-state index contributed by atoms with van der Waals surface area (Å²) in [7, 11) is -1.62. The smallest absolute Gasteiger partial charge is 0.263 e. The monoisotopic (exact) mass is 554 g/mol. The van der Waals surface area contributed by atoms with E-state index >= 15 is 0 Å². The fourth-order valence-electron chi connectivity index (χ4n) is 4.58. The summed E-state index contributed by atoms with van der Waals surface area (Å²) in [5.41, 5.74) is 6.79. The van der Waals surface area contributed by atoms with Crippen LogP contribution in [-0.4, -0.2) is 36.9 Å². The topological polar surface area (TPSA) is 71.2 Å². The van der Waals surface area contributed by atoms with Crippen molar-refractivity contribution in [1.29, 1.82) is 0 Å². The van der Waals surface area contributed by atoms with Crippen LogP contribution in [0.5, 0.6) is 0 Å². The minimum Gasteiger partial charge on any atom is -0.308 e. The molecule has 1 atom stereocenters. The SMILES string of the molecule is CCc1nc2c(C)cc(C)nc2n1Cc1ccc(-c2cc([Si](C)(C)C)sc2N(S(=O)O)C(C)(C)C)cc1. The molecule has 0 amide bonds. The fourth-order valence-corrected chi connectivity index (χ4v) is 8.71. The highest BCUT2D eigenvalue weighted by Crippen LogP contribution is 2.40. The Morgan fingerprint density at radius 1 is 1.08 bits per heavy atom. The van der Waals surface area contributed by atoms with E-state index in [1.54, 1.807) is 15.6 Å². The molecule has 9 heteroatoms. The Morgan fingerprint density at radius 3 is 2.27 bits per heavy atom. The quantitative estimate of drug-likeness (QED) is 0.204. The van der Waals surface area contributed by atoms with Gasteiger partial charge in [-0.25, -0.2) is 14.2 Å². The van der Waals surface area contributed by atoms with E-state index in [9.17, 15) is 8.76 Å². The third-order valence-electron chi connectivity index (χ3n) is 6.42. The van der Waals surface area contributed by atoms with Gasteiger partial charge >= 0.3 is 0 Å². The maximum absolute atomic E-state index is 12.5. The second kappa shape index (κ2) is 10.1. The van der Waals surface area contributed by atoms with Gasteiger partial charge in [-0.05, 0) is 67.9 Å². The Kier molecular flexibility index (Phi) is 7.55. The number of fused-ring (bicyclic) bond motifs is 1. The van der Waals surface area contributed by atoms with Gasteiger partial charge < -0.3 is 4.57 Å². The van der Waals surface area contributed by atoms with Crippen molar-refractivity contribution in [1.82, 2.24) is 14.5 Å². The largest absolute Gasteiger partial charge is 0.308 e. The molecule has 1 N–H and O–H groups in total. The van der Waals surface area contributed by atoms with Crippen LogP contribution in [0.15, 0.2) is 36.4 Å². The molecule has 0 aliphatic heterocycles. The van der Waals surface area contributed by atoms with Gasteiger partial charge in [-0.3, -0.25) is 8.86 Å². The van der Waals surface area contributed by atoms with E-state index in [1.165, 1.54) is 10.1 Å². The molecule has 0 saturated heterocycles. The Bertz CT molecular complexity index is 1460. The van der Waals surface area contributed by atoms with Gasteiger partial charge in [0.1, 0.15) is 16.3 Å². The van der Waals surface area contributed by atoms with Crippen LogP contribution in [0.1, 0.15) is 50.3 Å². The average molecular weight is 555 g/mol. The number of aryl methyl sites for hydroxylation is 3. The molecule has 37 heavy (non-hydrogen) atoms. The highest BCUT2D eigenvalue weighted by atomic mass is 32.2.